The molecular weight excluding hydrogens is 198 g/mol. The molecule has 6 heteroatoms. The number of thiol groups is 1. The molecule has 0 atom stereocenters. The van der Waals surface area contributed by atoms with Crippen molar-refractivity contribution in [2.24, 2.45) is 0 Å². The number of nitrogens with one attached hydrogen (secondary N) is 1. The molecule has 0 bridgehead atoms. The van der Waals surface area contributed by atoms with Gasteiger partial charge >= 0.3 is 0 Å². The molecule has 0 fully saturated rings. The average molecular weight is 209 g/mol. The highest BCUT2D eigenvalue weighted by Gasteiger charge is 2.06. The van der Waals surface area contributed by atoms with Crippen molar-refractivity contribution in [1.82, 2.24) is 19.9 Å². The summed E-state index contributed by atoms with van der Waals surface area (Å²) in [6.07, 6.45) is 3.26. The van der Waals surface area contributed by atoms with E-state index in [4.69, 9.17) is 5.73 Å². The van der Waals surface area contributed by atoms with E-state index in [1.807, 2.05) is 0 Å². The van der Waals surface area contributed by atoms with Crippen LogP contribution >= 0.6 is 12.6 Å². The molecule has 14 heavy (non-hydrogen) atoms. The molecule has 0 aliphatic heterocycles. The van der Waals surface area contributed by atoms with Crippen molar-refractivity contribution in [2.75, 3.05) is 11.5 Å². The van der Waals surface area contributed by atoms with Crippen molar-refractivity contribution in [3.8, 4) is 0 Å². The summed E-state index contributed by atoms with van der Waals surface area (Å²) in [5, 5.41) is 0. The fourth-order valence-electron chi connectivity index (χ4n) is 1.26. The number of rotatable bonds is 3. The van der Waals surface area contributed by atoms with E-state index >= 15 is 0 Å². The van der Waals surface area contributed by atoms with Gasteiger partial charge in [-0.1, -0.05) is 0 Å². The van der Waals surface area contributed by atoms with Crippen LogP contribution in [0.2, 0.25) is 0 Å². The summed E-state index contributed by atoms with van der Waals surface area (Å²) in [4.78, 5) is 15.3. The standard InChI is InChI=1S/C8H11N5S/c9-7-6-8(11-4-10-7)13-5(12-6)2-1-3-14/h4,14H,1-3H2,(H3,9,10,11,12,13). The maximum atomic E-state index is 5.66. The SMILES string of the molecule is Nc1ncnc2nc(CCCS)[nH]c12. The van der Waals surface area contributed by atoms with Gasteiger partial charge in [-0.3, -0.25) is 0 Å². The van der Waals surface area contributed by atoms with E-state index in [1.165, 1.54) is 6.33 Å². The Hall–Kier alpha value is -1.30. The molecule has 0 saturated heterocycles. The average Bonchev–Trinajstić information content (AvgIpc) is 2.59. The second-order valence-corrected chi connectivity index (χ2v) is 3.42. The topological polar surface area (TPSA) is 80.5 Å². The molecule has 0 saturated carbocycles. The molecule has 2 aromatic heterocycles. The highest BCUT2D eigenvalue weighted by Crippen LogP contribution is 2.13. The summed E-state index contributed by atoms with van der Waals surface area (Å²) in [7, 11) is 0. The molecule has 5 nitrogen and oxygen atoms in total. The first-order chi connectivity index (χ1) is 6.81. The lowest BCUT2D eigenvalue weighted by molar-refractivity contribution is 0.871. The highest BCUT2D eigenvalue weighted by atomic mass is 32.1. The van der Waals surface area contributed by atoms with Crippen LogP contribution in [-0.4, -0.2) is 25.7 Å². The quantitative estimate of drug-likeness (QED) is 0.653. The minimum absolute atomic E-state index is 0.444. The zero-order chi connectivity index (χ0) is 9.97. The van der Waals surface area contributed by atoms with Crippen LogP contribution in [0.3, 0.4) is 0 Å². The number of anilines is 1. The van der Waals surface area contributed by atoms with Crippen LogP contribution in [0.25, 0.3) is 11.2 Å². The van der Waals surface area contributed by atoms with Crippen LogP contribution in [0.5, 0.6) is 0 Å². The Balaban J connectivity index is 2.36. The van der Waals surface area contributed by atoms with Gasteiger partial charge in [-0.25, -0.2) is 15.0 Å². The molecule has 74 valence electrons. The zero-order valence-corrected chi connectivity index (χ0v) is 8.46. The molecule has 3 N–H and O–H groups in total. The Labute approximate surface area is 86.6 Å². The minimum atomic E-state index is 0.444. The number of H-pyrrole nitrogens is 1. The first-order valence-corrected chi connectivity index (χ1v) is 5.00. The van der Waals surface area contributed by atoms with Gasteiger partial charge in [0.2, 0.25) is 0 Å². The normalized spacial score (nSPS) is 10.9. The second-order valence-electron chi connectivity index (χ2n) is 2.97. The van der Waals surface area contributed by atoms with Crippen LogP contribution in [-0.2, 0) is 6.42 Å². The van der Waals surface area contributed by atoms with Crippen molar-refractivity contribution in [3.05, 3.63) is 12.2 Å². The molecule has 0 amide bonds. The van der Waals surface area contributed by atoms with Gasteiger partial charge in [0.25, 0.3) is 0 Å². The molecule has 2 aromatic rings. The lowest BCUT2D eigenvalue weighted by Crippen LogP contribution is -1.92. The van der Waals surface area contributed by atoms with E-state index in [9.17, 15) is 0 Å². The fraction of sp³-hybridized carbons (Fsp3) is 0.375. The summed E-state index contributed by atoms with van der Waals surface area (Å²) >= 11 is 4.14. The smallest absolute Gasteiger partial charge is 0.183 e. The summed E-state index contributed by atoms with van der Waals surface area (Å²) in [5.41, 5.74) is 7.02. The predicted molar refractivity (Wildman–Crippen MR) is 58.3 cm³/mol. The predicted octanol–water partition coefficient (Wildman–Crippen LogP) is 0.798. The number of nitrogens with two attached hydrogens (primary N) is 1. The lowest BCUT2D eigenvalue weighted by atomic mass is 10.3. The number of hydrogen-bond donors (Lipinski definition) is 3. The van der Waals surface area contributed by atoms with Crippen LogP contribution in [0.4, 0.5) is 5.82 Å². The molecule has 2 heterocycles. The Bertz CT molecular complexity index is 438. The number of imidazole rings is 1. The molecule has 0 unspecified atom stereocenters. The minimum Gasteiger partial charge on any atom is -0.382 e. The van der Waals surface area contributed by atoms with Crippen LogP contribution in [0, 0.1) is 0 Å². The summed E-state index contributed by atoms with van der Waals surface area (Å²) in [5.74, 6) is 2.18. The maximum Gasteiger partial charge on any atom is 0.183 e. The Morgan fingerprint density at radius 1 is 1.43 bits per heavy atom. The Morgan fingerprint density at radius 3 is 3.00 bits per heavy atom. The van der Waals surface area contributed by atoms with Crippen molar-refractivity contribution in [1.29, 1.82) is 0 Å². The third-order valence-corrected chi connectivity index (χ3v) is 2.25. The number of hydrogen-bond acceptors (Lipinski definition) is 5. The second kappa shape index (κ2) is 3.83. The molecule has 0 spiro atoms. The summed E-state index contributed by atoms with van der Waals surface area (Å²) in [6, 6.07) is 0. The molecule has 0 radical (unpaired) electrons. The Kier molecular flexibility index (Phi) is 2.53. The van der Waals surface area contributed by atoms with Crippen LogP contribution in [0.15, 0.2) is 6.33 Å². The Morgan fingerprint density at radius 2 is 2.29 bits per heavy atom. The van der Waals surface area contributed by atoms with E-state index in [0.717, 1.165) is 29.9 Å². The number of aromatic amines is 1. The highest BCUT2D eigenvalue weighted by molar-refractivity contribution is 7.80. The lowest BCUT2D eigenvalue weighted by Gasteiger charge is -1.91. The number of nitrogens with zero attached hydrogens (tertiary/aromatic N) is 3. The van der Waals surface area contributed by atoms with Gasteiger partial charge in [0.15, 0.2) is 11.5 Å². The summed E-state index contributed by atoms with van der Waals surface area (Å²) < 4.78 is 0. The third-order valence-electron chi connectivity index (χ3n) is 1.94. The van der Waals surface area contributed by atoms with Crippen LogP contribution < -0.4 is 5.73 Å². The van der Waals surface area contributed by atoms with Crippen molar-refractivity contribution < 1.29 is 0 Å². The van der Waals surface area contributed by atoms with Gasteiger partial charge in [-0.15, -0.1) is 0 Å². The number of aryl methyl sites for hydroxylation is 1. The third kappa shape index (κ3) is 1.65. The number of aromatic nitrogens is 4. The van der Waals surface area contributed by atoms with Gasteiger partial charge in [0, 0.05) is 6.42 Å². The van der Waals surface area contributed by atoms with E-state index in [1.54, 1.807) is 0 Å². The first kappa shape index (κ1) is 9.26. The van der Waals surface area contributed by atoms with E-state index in [-0.39, 0.29) is 0 Å². The molecule has 2 rings (SSSR count). The largest absolute Gasteiger partial charge is 0.382 e. The zero-order valence-electron chi connectivity index (χ0n) is 7.56. The van der Waals surface area contributed by atoms with Crippen molar-refractivity contribution >= 4 is 29.6 Å². The van der Waals surface area contributed by atoms with E-state index in [0.29, 0.717) is 11.5 Å². The number of nitrogen functional groups attached to an aromatic ring is 1. The van der Waals surface area contributed by atoms with Crippen molar-refractivity contribution in [3.63, 3.8) is 0 Å². The van der Waals surface area contributed by atoms with E-state index in [2.05, 4.69) is 32.6 Å². The van der Waals surface area contributed by atoms with Gasteiger partial charge < -0.3 is 10.7 Å². The number of fused-ring (bicyclic) bond motifs is 1. The fourth-order valence-corrected chi connectivity index (χ4v) is 1.42. The maximum absolute atomic E-state index is 5.66. The van der Waals surface area contributed by atoms with Gasteiger partial charge in [0.05, 0.1) is 0 Å². The molecule has 0 aliphatic rings. The van der Waals surface area contributed by atoms with Gasteiger partial charge in [0.1, 0.15) is 17.7 Å². The van der Waals surface area contributed by atoms with Gasteiger partial charge in [-0.05, 0) is 12.2 Å². The summed E-state index contributed by atoms with van der Waals surface area (Å²) in [6.45, 7) is 0. The van der Waals surface area contributed by atoms with E-state index < -0.39 is 0 Å². The molecular formula is C8H11N5S. The molecule has 0 aromatic carbocycles. The molecule has 0 aliphatic carbocycles. The van der Waals surface area contributed by atoms with Gasteiger partial charge in [-0.2, -0.15) is 12.6 Å². The monoisotopic (exact) mass is 209 g/mol. The van der Waals surface area contributed by atoms with Crippen molar-refractivity contribution in [2.45, 2.75) is 12.8 Å². The first-order valence-electron chi connectivity index (χ1n) is 4.37. The van der Waals surface area contributed by atoms with Crippen LogP contribution in [0.1, 0.15) is 12.2 Å².